The quantitative estimate of drug-likeness (QED) is 0.532. The summed E-state index contributed by atoms with van der Waals surface area (Å²) in [5, 5.41) is 4.20. The highest BCUT2D eigenvalue weighted by Gasteiger charge is 1.88. The molecular weight excluding hydrogens is 118 g/mol. The van der Waals surface area contributed by atoms with Crippen molar-refractivity contribution >= 4 is 11.8 Å². The van der Waals surface area contributed by atoms with Crippen molar-refractivity contribution in [1.29, 1.82) is 0 Å². The molecule has 0 aromatic heterocycles. The predicted molar refractivity (Wildman–Crippen MR) is 37.4 cm³/mol. The highest BCUT2D eigenvalue weighted by Crippen LogP contribution is 2.08. The fourth-order valence-corrected chi connectivity index (χ4v) is 0.841. The van der Waals surface area contributed by atoms with Crippen molar-refractivity contribution in [3.63, 3.8) is 0 Å². The molecule has 1 aliphatic heterocycles. The molecule has 0 fully saturated rings. The SMILES string of the molecule is CSC1=CC=C=CN1. The lowest BCUT2D eigenvalue weighted by Gasteiger charge is -2.01. The number of nitrogens with one attached hydrogen (secondary N) is 1. The number of hydrogen-bond donors (Lipinski definition) is 1. The van der Waals surface area contributed by atoms with Crippen LogP contribution in [0.2, 0.25) is 0 Å². The first-order valence-electron chi connectivity index (χ1n) is 2.35. The summed E-state index contributed by atoms with van der Waals surface area (Å²) in [6.07, 6.45) is 7.71. The van der Waals surface area contributed by atoms with Gasteiger partial charge in [-0.2, -0.15) is 0 Å². The first-order valence-corrected chi connectivity index (χ1v) is 3.58. The van der Waals surface area contributed by atoms with Crippen LogP contribution in [-0.4, -0.2) is 6.26 Å². The average molecular weight is 125 g/mol. The van der Waals surface area contributed by atoms with Crippen LogP contribution in [0.1, 0.15) is 0 Å². The summed E-state index contributed by atoms with van der Waals surface area (Å²) in [7, 11) is 0. The van der Waals surface area contributed by atoms with Crippen LogP contribution in [0.5, 0.6) is 0 Å². The maximum absolute atomic E-state index is 3.03. The second kappa shape index (κ2) is 2.65. The van der Waals surface area contributed by atoms with Gasteiger partial charge >= 0.3 is 0 Å². The fraction of sp³-hybridized carbons (Fsp3) is 0.167. The maximum atomic E-state index is 3.03. The van der Waals surface area contributed by atoms with E-state index in [-0.39, 0.29) is 0 Å². The Labute approximate surface area is 53.2 Å². The number of rotatable bonds is 1. The van der Waals surface area contributed by atoms with Crippen molar-refractivity contribution in [2.45, 2.75) is 0 Å². The van der Waals surface area contributed by atoms with E-state index >= 15 is 0 Å². The highest BCUT2D eigenvalue weighted by molar-refractivity contribution is 8.02. The Hall–Kier alpha value is -0.590. The zero-order valence-corrected chi connectivity index (χ0v) is 5.46. The van der Waals surface area contributed by atoms with Gasteiger partial charge in [-0.05, 0) is 18.4 Å². The Balaban J connectivity index is 2.63. The van der Waals surface area contributed by atoms with Crippen LogP contribution in [-0.2, 0) is 0 Å². The Kier molecular flexibility index (Phi) is 1.84. The molecule has 1 heterocycles. The van der Waals surface area contributed by atoms with Gasteiger partial charge in [-0.25, -0.2) is 0 Å². The molecule has 8 heavy (non-hydrogen) atoms. The summed E-state index contributed by atoms with van der Waals surface area (Å²) < 4.78 is 0. The van der Waals surface area contributed by atoms with Crippen molar-refractivity contribution < 1.29 is 0 Å². The summed E-state index contributed by atoms with van der Waals surface area (Å²) in [5.41, 5.74) is 2.90. The van der Waals surface area contributed by atoms with Crippen molar-refractivity contribution in [1.82, 2.24) is 5.32 Å². The normalized spacial score (nSPS) is 15.4. The Morgan fingerprint density at radius 1 is 1.75 bits per heavy atom. The van der Waals surface area contributed by atoms with Crippen LogP contribution in [0.4, 0.5) is 0 Å². The second-order valence-corrected chi connectivity index (χ2v) is 2.21. The number of thioether (sulfide) groups is 1. The fourth-order valence-electron chi connectivity index (χ4n) is 0.460. The maximum Gasteiger partial charge on any atom is 0.0729 e. The average Bonchev–Trinajstić information content (AvgIpc) is 1.90. The van der Waals surface area contributed by atoms with Crippen molar-refractivity contribution in [2.75, 3.05) is 6.26 Å². The number of hydrogen-bond acceptors (Lipinski definition) is 2. The summed E-state index contributed by atoms with van der Waals surface area (Å²) in [6.45, 7) is 0. The lowest BCUT2D eigenvalue weighted by atomic mass is 10.5. The van der Waals surface area contributed by atoms with E-state index in [9.17, 15) is 0 Å². The van der Waals surface area contributed by atoms with Gasteiger partial charge < -0.3 is 5.32 Å². The first kappa shape index (κ1) is 5.54. The zero-order valence-electron chi connectivity index (χ0n) is 4.64. The van der Waals surface area contributed by atoms with Gasteiger partial charge in [0.1, 0.15) is 0 Å². The molecular formula is C6H7NS. The Morgan fingerprint density at radius 3 is 3.00 bits per heavy atom. The molecule has 1 aliphatic rings. The van der Waals surface area contributed by atoms with Crippen LogP contribution in [0.25, 0.3) is 0 Å². The molecule has 0 saturated carbocycles. The van der Waals surface area contributed by atoms with E-state index in [1.54, 1.807) is 18.0 Å². The minimum Gasteiger partial charge on any atom is -0.350 e. The molecule has 0 amide bonds. The minimum absolute atomic E-state index is 1.17. The highest BCUT2D eigenvalue weighted by atomic mass is 32.2. The van der Waals surface area contributed by atoms with Gasteiger partial charge in [-0.3, -0.25) is 0 Å². The largest absolute Gasteiger partial charge is 0.350 e. The standard InChI is InChI=1S/C6H7NS/c1-8-6-4-2-3-5-7-6/h2,4-5,7H,1H3. The summed E-state index contributed by atoms with van der Waals surface area (Å²) >= 11 is 1.69. The Bertz CT molecular complexity index is 163. The first-order chi connectivity index (χ1) is 3.93. The third-order valence-electron chi connectivity index (χ3n) is 0.849. The van der Waals surface area contributed by atoms with Gasteiger partial charge in [0.15, 0.2) is 0 Å². The van der Waals surface area contributed by atoms with Crippen molar-refractivity contribution in [3.8, 4) is 0 Å². The molecule has 0 unspecified atom stereocenters. The van der Waals surface area contributed by atoms with Crippen LogP contribution in [0, 0.1) is 0 Å². The van der Waals surface area contributed by atoms with E-state index in [0.717, 1.165) is 0 Å². The molecule has 1 rings (SSSR count). The summed E-state index contributed by atoms with van der Waals surface area (Å²) in [6, 6.07) is 0. The molecule has 1 nitrogen and oxygen atoms in total. The van der Waals surface area contributed by atoms with Crippen molar-refractivity contribution in [2.24, 2.45) is 0 Å². The third-order valence-corrected chi connectivity index (χ3v) is 1.54. The minimum atomic E-state index is 1.17. The molecule has 0 aromatic rings. The lowest BCUT2D eigenvalue weighted by Crippen LogP contribution is -2.00. The predicted octanol–water partition coefficient (Wildman–Crippen LogP) is 1.46. The number of allylic oxidation sites excluding steroid dienone is 2. The van der Waals surface area contributed by atoms with E-state index in [1.165, 1.54) is 5.03 Å². The van der Waals surface area contributed by atoms with Gasteiger partial charge in [0.25, 0.3) is 0 Å². The molecule has 0 aliphatic carbocycles. The topological polar surface area (TPSA) is 12.0 Å². The molecule has 0 atom stereocenters. The van der Waals surface area contributed by atoms with E-state index < -0.39 is 0 Å². The molecule has 1 N–H and O–H groups in total. The molecule has 0 aromatic carbocycles. The summed E-state index contributed by atoms with van der Waals surface area (Å²) in [4.78, 5) is 0. The molecule has 0 radical (unpaired) electrons. The summed E-state index contributed by atoms with van der Waals surface area (Å²) in [5.74, 6) is 0. The smallest absolute Gasteiger partial charge is 0.0729 e. The van der Waals surface area contributed by atoms with Gasteiger partial charge in [-0.15, -0.1) is 17.5 Å². The van der Waals surface area contributed by atoms with Gasteiger partial charge in [0.05, 0.1) is 5.03 Å². The van der Waals surface area contributed by atoms with Crippen LogP contribution < -0.4 is 5.32 Å². The lowest BCUT2D eigenvalue weighted by molar-refractivity contribution is 1.16. The van der Waals surface area contributed by atoms with Crippen LogP contribution in [0.15, 0.2) is 29.1 Å². The van der Waals surface area contributed by atoms with E-state index in [0.29, 0.717) is 0 Å². The zero-order chi connectivity index (χ0) is 5.82. The van der Waals surface area contributed by atoms with Gasteiger partial charge in [0.2, 0.25) is 0 Å². The van der Waals surface area contributed by atoms with Gasteiger partial charge in [-0.1, -0.05) is 0 Å². The molecule has 2 heteroatoms. The molecule has 0 spiro atoms. The van der Waals surface area contributed by atoms with Crippen molar-refractivity contribution in [3.05, 3.63) is 29.1 Å². The molecule has 42 valence electrons. The molecule has 0 bridgehead atoms. The van der Waals surface area contributed by atoms with Crippen LogP contribution in [0.3, 0.4) is 0 Å². The van der Waals surface area contributed by atoms with Gasteiger partial charge in [0, 0.05) is 6.20 Å². The van der Waals surface area contributed by atoms with E-state index in [4.69, 9.17) is 0 Å². The second-order valence-electron chi connectivity index (χ2n) is 1.36. The van der Waals surface area contributed by atoms with E-state index in [1.807, 2.05) is 18.4 Å². The van der Waals surface area contributed by atoms with E-state index in [2.05, 4.69) is 11.0 Å². The third kappa shape index (κ3) is 1.19. The monoisotopic (exact) mass is 125 g/mol. The van der Waals surface area contributed by atoms with Crippen LogP contribution >= 0.6 is 11.8 Å². The molecule has 0 saturated heterocycles. The Morgan fingerprint density at radius 2 is 2.62 bits per heavy atom.